The third kappa shape index (κ3) is 3.05. The molecule has 0 atom stereocenters. The third-order valence-corrected chi connectivity index (χ3v) is 5.81. The molecule has 28 heavy (non-hydrogen) atoms. The van der Waals surface area contributed by atoms with Crippen LogP contribution >= 0.6 is 0 Å². The normalized spacial score (nSPS) is 11.9. The van der Waals surface area contributed by atoms with E-state index < -0.39 is 9.84 Å². The van der Waals surface area contributed by atoms with Gasteiger partial charge in [0.05, 0.1) is 21.8 Å². The fourth-order valence-corrected chi connectivity index (χ4v) is 3.66. The quantitative estimate of drug-likeness (QED) is 0.529. The number of aromatic nitrogens is 4. The van der Waals surface area contributed by atoms with Gasteiger partial charge in [0, 0.05) is 11.8 Å². The van der Waals surface area contributed by atoms with Crippen molar-refractivity contribution in [3.63, 3.8) is 0 Å². The summed E-state index contributed by atoms with van der Waals surface area (Å²) in [6.45, 7) is 3.75. The van der Waals surface area contributed by atoms with Gasteiger partial charge in [-0.1, -0.05) is 24.3 Å². The molecular weight excluding hydrogens is 379 g/mol. The van der Waals surface area contributed by atoms with Crippen LogP contribution in [0.3, 0.4) is 0 Å². The molecule has 2 aromatic carbocycles. The van der Waals surface area contributed by atoms with Crippen LogP contribution < -0.4 is 0 Å². The summed E-state index contributed by atoms with van der Waals surface area (Å²) >= 11 is 0. The minimum absolute atomic E-state index is 0.232. The maximum absolute atomic E-state index is 13.4. The second-order valence-electron chi connectivity index (χ2n) is 6.63. The Kier molecular flexibility index (Phi) is 4.23. The van der Waals surface area contributed by atoms with Gasteiger partial charge in [-0.2, -0.15) is 10.2 Å². The third-order valence-electron chi connectivity index (χ3n) is 4.69. The van der Waals surface area contributed by atoms with Gasteiger partial charge in [0.25, 0.3) is 0 Å². The van der Waals surface area contributed by atoms with Gasteiger partial charge in [0.15, 0.2) is 15.5 Å². The van der Waals surface area contributed by atoms with Crippen LogP contribution in [0.2, 0.25) is 0 Å². The Balaban J connectivity index is 2.01. The molecular formula is C20H17FN4O2S. The van der Waals surface area contributed by atoms with E-state index in [4.69, 9.17) is 5.10 Å². The molecule has 0 bridgehead atoms. The molecule has 0 saturated heterocycles. The first-order valence-electron chi connectivity index (χ1n) is 8.55. The number of fused-ring (bicyclic) bond motifs is 1. The van der Waals surface area contributed by atoms with Gasteiger partial charge in [0.2, 0.25) is 0 Å². The topological polar surface area (TPSA) is 77.2 Å². The Labute approximate surface area is 161 Å². The van der Waals surface area contributed by atoms with Crippen LogP contribution in [0.5, 0.6) is 0 Å². The molecule has 2 heterocycles. The molecule has 0 saturated carbocycles. The number of hydrogen-bond donors (Lipinski definition) is 0. The zero-order chi connectivity index (χ0) is 20.1. The molecule has 142 valence electrons. The molecule has 0 unspecified atom stereocenters. The average molecular weight is 396 g/mol. The fourth-order valence-electron chi connectivity index (χ4n) is 3.03. The molecule has 4 rings (SSSR count). The highest BCUT2D eigenvalue weighted by atomic mass is 32.2. The van der Waals surface area contributed by atoms with Crippen LogP contribution in [0.25, 0.3) is 28.0 Å². The Morgan fingerprint density at radius 3 is 2.11 bits per heavy atom. The number of benzene rings is 2. The van der Waals surface area contributed by atoms with E-state index in [0.29, 0.717) is 16.9 Å². The van der Waals surface area contributed by atoms with E-state index in [0.717, 1.165) is 22.5 Å². The Hall–Kier alpha value is -3.13. The summed E-state index contributed by atoms with van der Waals surface area (Å²) in [5.74, 6) is -0.336. The summed E-state index contributed by atoms with van der Waals surface area (Å²) in [7, 11) is -3.30. The van der Waals surface area contributed by atoms with Crippen molar-refractivity contribution >= 4 is 15.5 Å². The smallest absolute Gasteiger partial charge is 0.186 e. The predicted molar refractivity (Wildman–Crippen MR) is 104 cm³/mol. The maximum Gasteiger partial charge on any atom is 0.186 e. The standard InChI is InChI=1S/C20H17FN4O2S/c1-12-13(2)25-20(23-22-12)18(14-4-8-16(21)9-5-14)19(24-25)15-6-10-17(11-7-15)28(3,26)27/h4-11H,1-3H3. The lowest BCUT2D eigenvalue weighted by Gasteiger charge is -2.05. The van der Waals surface area contributed by atoms with E-state index in [1.54, 1.807) is 40.9 Å². The summed E-state index contributed by atoms with van der Waals surface area (Å²) in [6, 6.07) is 12.6. The van der Waals surface area contributed by atoms with Gasteiger partial charge in [0.1, 0.15) is 11.5 Å². The van der Waals surface area contributed by atoms with Gasteiger partial charge in [-0.3, -0.25) is 0 Å². The highest BCUT2D eigenvalue weighted by Crippen LogP contribution is 2.35. The zero-order valence-corrected chi connectivity index (χ0v) is 16.3. The lowest BCUT2D eigenvalue weighted by Crippen LogP contribution is -2.02. The first-order valence-corrected chi connectivity index (χ1v) is 10.4. The number of hydrogen-bond acceptors (Lipinski definition) is 5. The molecule has 0 radical (unpaired) electrons. The van der Waals surface area contributed by atoms with Crippen molar-refractivity contribution in [2.75, 3.05) is 6.26 Å². The van der Waals surface area contributed by atoms with Crippen molar-refractivity contribution in [1.82, 2.24) is 19.8 Å². The number of rotatable bonds is 3. The molecule has 4 aromatic rings. The lowest BCUT2D eigenvalue weighted by molar-refractivity contribution is 0.602. The molecule has 0 spiro atoms. The van der Waals surface area contributed by atoms with E-state index in [9.17, 15) is 12.8 Å². The first-order chi connectivity index (χ1) is 13.3. The van der Waals surface area contributed by atoms with Crippen LogP contribution in [0.4, 0.5) is 4.39 Å². The van der Waals surface area contributed by atoms with Crippen molar-refractivity contribution < 1.29 is 12.8 Å². The Bertz CT molecular complexity index is 1300. The zero-order valence-electron chi connectivity index (χ0n) is 15.5. The van der Waals surface area contributed by atoms with Crippen LogP contribution in [-0.4, -0.2) is 34.5 Å². The van der Waals surface area contributed by atoms with E-state index in [-0.39, 0.29) is 10.7 Å². The number of sulfone groups is 1. The van der Waals surface area contributed by atoms with Crippen LogP contribution in [0.15, 0.2) is 53.4 Å². The summed E-state index contributed by atoms with van der Waals surface area (Å²) in [6.07, 6.45) is 1.17. The summed E-state index contributed by atoms with van der Waals surface area (Å²) in [5, 5.41) is 13.2. The van der Waals surface area contributed by atoms with Crippen LogP contribution in [-0.2, 0) is 9.84 Å². The Morgan fingerprint density at radius 2 is 1.50 bits per heavy atom. The van der Waals surface area contributed by atoms with Gasteiger partial charge in [-0.05, 0) is 43.7 Å². The number of halogens is 1. The monoisotopic (exact) mass is 396 g/mol. The van der Waals surface area contributed by atoms with Crippen molar-refractivity contribution in [3.05, 3.63) is 65.7 Å². The molecule has 8 heteroatoms. The number of nitrogens with zero attached hydrogens (tertiary/aromatic N) is 4. The molecule has 0 fully saturated rings. The van der Waals surface area contributed by atoms with Crippen molar-refractivity contribution in [2.45, 2.75) is 18.7 Å². The highest BCUT2D eigenvalue weighted by molar-refractivity contribution is 7.90. The molecule has 0 aliphatic rings. The molecule has 0 amide bonds. The SMILES string of the molecule is Cc1nnc2c(-c3ccc(F)cc3)c(-c3ccc(S(C)(=O)=O)cc3)nn2c1C. The number of aryl methyl sites for hydroxylation is 2. The summed E-state index contributed by atoms with van der Waals surface area (Å²) in [5.41, 5.74) is 4.95. The summed E-state index contributed by atoms with van der Waals surface area (Å²) < 4.78 is 38.6. The maximum atomic E-state index is 13.4. The minimum Gasteiger partial charge on any atom is -0.224 e. The largest absolute Gasteiger partial charge is 0.224 e. The Morgan fingerprint density at radius 1 is 0.893 bits per heavy atom. The van der Waals surface area contributed by atoms with Crippen LogP contribution in [0.1, 0.15) is 11.4 Å². The lowest BCUT2D eigenvalue weighted by atomic mass is 10.0. The molecule has 0 N–H and O–H groups in total. The second-order valence-corrected chi connectivity index (χ2v) is 8.65. The van der Waals surface area contributed by atoms with E-state index >= 15 is 0 Å². The van der Waals surface area contributed by atoms with Gasteiger partial charge in [-0.25, -0.2) is 17.3 Å². The van der Waals surface area contributed by atoms with Crippen molar-refractivity contribution in [3.8, 4) is 22.4 Å². The molecule has 0 aliphatic heterocycles. The first kappa shape index (κ1) is 18.2. The van der Waals surface area contributed by atoms with E-state index in [1.807, 2.05) is 13.8 Å². The molecule has 6 nitrogen and oxygen atoms in total. The molecule has 0 aliphatic carbocycles. The van der Waals surface area contributed by atoms with Crippen LogP contribution in [0, 0.1) is 19.7 Å². The van der Waals surface area contributed by atoms with Gasteiger partial charge < -0.3 is 0 Å². The van der Waals surface area contributed by atoms with Gasteiger partial charge >= 0.3 is 0 Å². The van der Waals surface area contributed by atoms with Crippen molar-refractivity contribution in [2.24, 2.45) is 0 Å². The van der Waals surface area contributed by atoms with E-state index in [1.165, 1.54) is 18.4 Å². The minimum atomic E-state index is -3.30. The molecule has 2 aromatic heterocycles. The fraction of sp³-hybridized carbons (Fsp3) is 0.150. The van der Waals surface area contributed by atoms with E-state index in [2.05, 4.69) is 10.2 Å². The van der Waals surface area contributed by atoms with Crippen molar-refractivity contribution in [1.29, 1.82) is 0 Å². The second kappa shape index (κ2) is 6.49. The predicted octanol–water partition coefficient (Wildman–Crippen LogP) is 3.62. The summed E-state index contributed by atoms with van der Waals surface area (Å²) in [4.78, 5) is 0.232. The average Bonchev–Trinajstić information content (AvgIpc) is 3.05. The van der Waals surface area contributed by atoms with Gasteiger partial charge in [-0.15, -0.1) is 5.10 Å². The highest BCUT2D eigenvalue weighted by Gasteiger charge is 2.20.